The summed E-state index contributed by atoms with van der Waals surface area (Å²) >= 11 is 0. The average molecular weight is 1020 g/mol. The van der Waals surface area contributed by atoms with Crippen LogP contribution >= 0.6 is 0 Å². The Morgan fingerprint density at radius 2 is 0.700 bits per heavy atom. The highest BCUT2D eigenvalue weighted by atomic mass is 16.8. The molecule has 0 radical (unpaired) electrons. The molecule has 414 valence electrons. The van der Waals surface area contributed by atoms with Gasteiger partial charge in [0.2, 0.25) is 0 Å². The van der Waals surface area contributed by atoms with Crippen molar-refractivity contribution in [2.24, 2.45) is 0 Å². The summed E-state index contributed by atoms with van der Waals surface area (Å²) in [5.41, 5.74) is 0. The molecule has 24 atom stereocenters. The van der Waals surface area contributed by atoms with E-state index < -0.39 is 147 Å². The van der Waals surface area contributed by atoms with Gasteiger partial charge in [0, 0.05) is 114 Å². The number of methoxy groups -OCH3 is 16. The summed E-state index contributed by atoms with van der Waals surface area (Å²) in [5.74, 6) is 0. The molecule has 4 fully saturated rings. The number of hydrogen-bond acceptors (Lipinski definition) is 24. The minimum atomic E-state index is -1.17. The predicted octanol–water partition coefficient (Wildman–Crippen LogP) is 0.232. The average Bonchev–Trinajstić information content (AvgIpc) is 3.36. The maximum absolute atomic E-state index is 6.96. The fourth-order valence-electron chi connectivity index (χ4n) is 10.0. The molecule has 4 rings (SSSR count). The van der Waals surface area contributed by atoms with Crippen molar-refractivity contribution in [1.29, 1.82) is 0 Å². The molecule has 24 heteroatoms. The zero-order valence-corrected chi connectivity index (χ0v) is 44.5. The summed E-state index contributed by atoms with van der Waals surface area (Å²) in [5, 5.41) is 0. The Balaban J connectivity index is 1.68. The van der Waals surface area contributed by atoms with Gasteiger partial charge in [0.15, 0.2) is 25.2 Å². The second-order valence-electron chi connectivity index (χ2n) is 17.3. The molecule has 0 aromatic rings. The highest BCUT2D eigenvalue weighted by molar-refractivity contribution is 5.00. The van der Waals surface area contributed by atoms with E-state index in [-0.39, 0.29) is 26.4 Å². The molecule has 0 unspecified atom stereocenters. The summed E-state index contributed by atoms with van der Waals surface area (Å²) < 4.78 is 148. The summed E-state index contributed by atoms with van der Waals surface area (Å²) in [4.78, 5) is 0. The lowest BCUT2D eigenvalue weighted by Crippen LogP contribution is -2.68. The Morgan fingerprint density at radius 1 is 0.343 bits per heavy atom. The van der Waals surface area contributed by atoms with Crippen molar-refractivity contribution in [3.8, 4) is 0 Å². The van der Waals surface area contributed by atoms with Gasteiger partial charge in [-0.1, -0.05) is 0 Å². The SMILES string of the molecule is COC[C@H](O[C@H]1O[C@H](COC)[C@H](OC)[C@H](OC)[C@H]1OC)[C@H](OC)[C@@H](O[C@@H]1O[C@@H](C)[C@@H](O[C@@H]2O[C@H](COC)[C@@H](OC)[C@H](OC)[C@H]2O[C@H]2O[C@H](COC)[C@H](OC)[C@H](OC)[C@H]2OC)[C@@H](OC)[C@@H]1OC)[C@H](C)OC. The second kappa shape index (κ2) is 31.2. The third kappa shape index (κ3) is 14.3. The van der Waals surface area contributed by atoms with E-state index >= 15 is 0 Å². The van der Waals surface area contributed by atoms with Crippen LogP contribution in [0.4, 0.5) is 0 Å². The fraction of sp³-hybridized carbons (Fsp3) is 1.00. The van der Waals surface area contributed by atoms with Crippen LogP contribution in [-0.2, 0) is 114 Å². The van der Waals surface area contributed by atoms with E-state index in [1.807, 2.05) is 13.8 Å². The first-order valence-corrected chi connectivity index (χ1v) is 23.4. The molecule has 0 amide bonds. The highest BCUT2D eigenvalue weighted by Gasteiger charge is 2.57. The van der Waals surface area contributed by atoms with Gasteiger partial charge in [-0.2, -0.15) is 0 Å². The lowest BCUT2D eigenvalue weighted by molar-refractivity contribution is -0.395. The van der Waals surface area contributed by atoms with Gasteiger partial charge in [-0.05, 0) is 13.8 Å². The van der Waals surface area contributed by atoms with E-state index in [1.165, 1.54) is 21.3 Å². The number of ether oxygens (including phenoxy) is 24. The molecule has 0 bridgehead atoms. The van der Waals surface area contributed by atoms with Crippen molar-refractivity contribution in [2.45, 2.75) is 161 Å². The third-order valence-electron chi connectivity index (χ3n) is 13.5. The Hall–Kier alpha value is -0.960. The van der Waals surface area contributed by atoms with E-state index in [4.69, 9.17) is 114 Å². The van der Waals surface area contributed by atoms with E-state index in [1.54, 1.807) is 92.4 Å². The Kier molecular flexibility index (Phi) is 27.4. The summed E-state index contributed by atoms with van der Waals surface area (Å²) in [6, 6.07) is 0. The molecule has 4 aliphatic heterocycles. The van der Waals surface area contributed by atoms with Gasteiger partial charge in [0.05, 0.1) is 38.6 Å². The van der Waals surface area contributed by atoms with Crippen LogP contribution in [0.3, 0.4) is 0 Å². The van der Waals surface area contributed by atoms with Gasteiger partial charge < -0.3 is 114 Å². The van der Waals surface area contributed by atoms with E-state index in [9.17, 15) is 0 Å². The largest absolute Gasteiger partial charge is 0.382 e. The molecule has 0 aliphatic carbocycles. The Morgan fingerprint density at radius 3 is 1.09 bits per heavy atom. The smallest absolute Gasteiger partial charge is 0.187 e. The molecule has 70 heavy (non-hydrogen) atoms. The van der Waals surface area contributed by atoms with Crippen LogP contribution in [0.2, 0.25) is 0 Å². The minimum Gasteiger partial charge on any atom is -0.382 e. The molecular formula is C46H86O24. The molecule has 0 aromatic heterocycles. The lowest BCUT2D eigenvalue weighted by Gasteiger charge is -2.51. The second-order valence-corrected chi connectivity index (χ2v) is 17.3. The van der Waals surface area contributed by atoms with Gasteiger partial charge in [-0.3, -0.25) is 0 Å². The van der Waals surface area contributed by atoms with Crippen LogP contribution in [0.5, 0.6) is 0 Å². The summed E-state index contributed by atoms with van der Waals surface area (Å²) in [6.45, 7) is 4.20. The first-order valence-electron chi connectivity index (χ1n) is 23.4. The van der Waals surface area contributed by atoms with Crippen LogP contribution in [0, 0.1) is 0 Å². The fourth-order valence-corrected chi connectivity index (χ4v) is 10.0. The van der Waals surface area contributed by atoms with Gasteiger partial charge in [-0.15, -0.1) is 0 Å². The van der Waals surface area contributed by atoms with Crippen molar-refractivity contribution < 1.29 is 114 Å². The zero-order chi connectivity index (χ0) is 51.7. The van der Waals surface area contributed by atoms with Crippen molar-refractivity contribution >= 4 is 0 Å². The van der Waals surface area contributed by atoms with Crippen LogP contribution < -0.4 is 0 Å². The van der Waals surface area contributed by atoms with E-state index in [2.05, 4.69) is 0 Å². The molecule has 0 N–H and O–H groups in total. The first-order chi connectivity index (χ1) is 33.9. The Bertz CT molecular complexity index is 1390. The van der Waals surface area contributed by atoms with Gasteiger partial charge in [0.1, 0.15) is 110 Å². The molecular weight excluding hydrogens is 936 g/mol. The third-order valence-corrected chi connectivity index (χ3v) is 13.5. The van der Waals surface area contributed by atoms with Crippen LogP contribution in [-0.4, -0.2) is 287 Å². The van der Waals surface area contributed by atoms with Crippen molar-refractivity contribution in [3.05, 3.63) is 0 Å². The van der Waals surface area contributed by atoms with Crippen LogP contribution in [0.15, 0.2) is 0 Å². The van der Waals surface area contributed by atoms with Crippen LogP contribution in [0.25, 0.3) is 0 Å². The van der Waals surface area contributed by atoms with Crippen molar-refractivity contribution in [1.82, 2.24) is 0 Å². The molecule has 0 spiro atoms. The van der Waals surface area contributed by atoms with Crippen molar-refractivity contribution in [3.63, 3.8) is 0 Å². The summed E-state index contributed by atoms with van der Waals surface area (Å²) in [6.07, 6.45) is -19.0. The topological polar surface area (TPSA) is 222 Å². The quantitative estimate of drug-likeness (QED) is 0.0907. The highest BCUT2D eigenvalue weighted by Crippen LogP contribution is 2.38. The summed E-state index contributed by atoms with van der Waals surface area (Å²) in [7, 11) is 24.9. The normalized spacial score (nSPS) is 40.2. The van der Waals surface area contributed by atoms with Gasteiger partial charge in [0.25, 0.3) is 0 Å². The Labute approximate surface area is 414 Å². The monoisotopic (exact) mass is 1020 g/mol. The maximum Gasteiger partial charge on any atom is 0.187 e. The maximum atomic E-state index is 6.96. The first kappa shape index (κ1) is 61.6. The minimum absolute atomic E-state index is 0.0435. The zero-order valence-electron chi connectivity index (χ0n) is 44.5. The molecule has 24 nitrogen and oxygen atoms in total. The number of rotatable bonds is 31. The van der Waals surface area contributed by atoms with E-state index in [0.29, 0.717) is 0 Å². The molecule has 4 aliphatic rings. The molecule has 4 saturated heterocycles. The predicted molar refractivity (Wildman–Crippen MR) is 243 cm³/mol. The molecule has 4 heterocycles. The van der Waals surface area contributed by atoms with Gasteiger partial charge in [-0.25, -0.2) is 0 Å². The molecule has 0 saturated carbocycles. The van der Waals surface area contributed by atoms with Gasteiger partial charge >= 0.3 is 0 Å². The molecule has 0 aromatic carbocycles. The van der Waals surface area contributed by atoms with Crippen molar-refractivity contribution in [2.75, 3.05) is 140 Å². The standard InChI is InChI=1S/C46H86O24/c1-23(51-7)29(31(52-8)25(19-47-3)64-44-40(61-17)36(57-13)32(53-9)26(65-44)20-48-4)68-43-39(60-16)35(56-12)30(24(2)63-43)69-46-42(38(59-15)34(55-11)28(67-46)22-50-6)70-45-41(62-18)37(58-14)33(54-10)27(66-45)21-49-5/h23-46H,19-22H2,1-18H3/t23-,24-,25-,26+,27+,28+,29-,30+,31-,32-,33-,34+,35+,36-,37-,38-,39-,40+,41+,42+,43-,44-,45+,46-/m0/s1. The number of hydrogen-bond donors (Lipinski definition) is 0. The lowest BCUT2D eigenvalue weighted by atomic mass is 9.95. The van der Waals surface area contributed by atoms with E-state index in [0.717, 1.165) is 0 Å². The van der Waals surface area contributed by atoms with Crippen LogP contribution in [0.1, 0.15) is 13.8 Å².